The number of aromatic nitrogens is 2. The van der Waals surface area contributed by atoms with Crippen LogP contribution in [-0.4, -0.2) is 20.6 Å². The molecule has 20 heavy (non-hydrogen) atoms. The molecule has 0 aliphatic carbocycles. The Hall–Kier alpha value is -2.37. The molecule has 0 saturated carbocycles. The number of nitrogens with one attached hydrogen (secondary N) is 1. The summed E-state index contributed by atoms with van der Waals surface area (Å²) in [4.78, 5) is 37.3. The third-order valence-corrected chi connectivity index (χ3v) is 3.21. The number of carbonyl (C=O) groups is 1. The van der Waals surface area contributed by atoms with Crippen LogP contribution in [0.5, 0.6) is 0 Å². The standard InChI is InChI=1S/C14H16N2O4/c1-2-3-4-8-16-11-9(14(19)20)6-5-7-10(11)15-12(17)13(16)18/h5-7H,2-4,8H2,1H3,(H,15,17)(H,19,20). The van der Waals surface area contributed by atoms with Gasteiger partial charge < -0.3 is 14.7 Å². The maximum atomic E-state index is 12.0. The monoisotopic (exact) mass is 276 g/mol. The zero-order valence-electron chi connectivity index (χ0n) is 11.2. The normalized spacial score (nSPS) is 10.8. The van der Waals surface area contributed by atoms with Crippen LogP contribution in [0.2, 0.25) is 0 Å². The minimum absolute atomic E-state index is 0.0207. The van der Waals surface area contributed by atoms with Crippen LogP contribution in [0.1, 0.15) is 36.5 Å². The molecule has 106 valence electrons. The summed E-state index contributed by atoms with van der Waals surface area (Å²) in [5, 5.41) is 9.23. The zero-order chi connectivity index (χ0) is 14.7. The van der Waals surface area contributed by atoms with Crippen LogP contribution in [0.15, 0.2) is 27.8 Å². The predicted octanol–water partition coefficient (Wildman–Crippen LogP) is 1.58. The van der Waals surface area contributed by atoms with Gasteiger partial charge in [0.15, 0.2) is 0 Å². The number of aryl methyl sites for hydroxylation is 1. The van der Waals surface area contributed by atoms with Gasteiger partial charge in [-0.1, -0.05) is 25.8 Å². The van der Waals surface area contributed by atoms with Crippen molar-refractivity contribution in [2.75, 3.05) is 0 Å². The predicted molar refractivity (Wildman–Crippen MR) is 75.3 cm³/mol. The lowest BCUT2D eigenvalue weighted by atomic mass is 10.1. The summed E-state index contributed by atoms with van der Waals surface area (Å²) in [6, 6.07) is 4.57. The van der Waals surface area contributed by atoms with E-state index in [-0.39, 0.29) is 11.1 Å². The summed E-state index contributed by atoms with van der Waals surface area (Å²) in [5.41, 5.74) is -0.766. The molecule has 0 atom stereocenters. The minimum atomic E-state index is -1.12. The van der Waals surface area contributed by atoms with Crippen molar-refractivity contribution in [1.29, 1.82) is 0 Å². The fourth-order valence-electron chi connectivity index (χ4n) is 2.24. The van der Waals surface area contributed by atoms with E-state index in [1.54, 1.807) is 12.1 Å². The van der Waals surface area contributed by atoms with Crippen molar-refractivity contribution >= 4 is 17.0 Å². The second-order valence-electron chi connectivity index (χ2n) is 4.62. The molecular weight excluding hydrogens is 260 g/mol. The lowest BCUT2D eigenvalue weighted by Gasteiger charge is -2.11. The number of carboxylic acids is 1. The number of aromatic amines is 1. The summed E-state index contributed by atoms with van der Waals surface area (Å²) in [6.07, 6.45) is 2.61. The van der Waals surface area contributed by atoms with Gasteiger partial charge in [0, 0.05) is 6.54 Å². The van der Waals surface area contributed by atoms with Crippen molar-refractivity contribution in [2.24, 2.45) is 0 Å². The maximum Gasteiger partial charge on any atom is 0.337 e. The molecule has 2 N–H and O–H groups in total. The molecule has 6 heteroatoms. The first-order chi connectivity index (χ1) is 9.56. The van der Waals surface area contributed by atoms with Gasteiger partial charge in [0.25, 0.3) is 0 Å². The van der Waals surface area contributed by atoms with E-state index in [1.807, 2.05) is 6.92 Å². The van der Waals surface area contributed by atoms with E-state index >= 15 is 0 Å². The van der Waals surface area contributed by atoms with E-state index in [2.05, 4.69) is 4.98 Å². The van der Waals surface area contributed by atoms with Crippen molar-refractivity contribution in [3.8, 4) is 0 Å². The Morgan fingerprint density at radius 3 is 2.70 bits per heavy atom. The summed E-state index contributed by atoms with van der Waals surface area (Å²) in [7, 11) is 0. The van der Waals surface area contributed by atoms with E-state index in [0.717, 1.165) is 19.3 Å². The first kappa shape index (κ1) is 14.0. The highest BCUT2D eigenvalue weighted by atomic mass is 16.4. The smallest absolute Gasteiger partial charge is 0.337 e. The van der Waals surface area contributed by atoms with Crippen molar-refractivity contribution < 1.29 is 9.90 Å². The van der Waals surface area contributed by atoms with Crippen molar-refractivity contribution in [2.45, 2.75) is 32.7 Å². The average molecular weight is 276 g/mol. The molecule has 0 aliphatic heterocycles. The molecule has 1 aromatic heterocycles. The number of fused-ring (bicyclic) bond motifs is 1. The fraction of sp³-hybridized carbons (Fsp3) is 0.357. The number of para-hydroxylation sites is 1. The largest absolute Gasteiger partial charge is 0.478 e. The summed E-state index contributed by atoms with van der Waals surface area (Å²) in [6.45, 7) is 2.37. The highest BCUT2D eigenvalue weighted by molar-refractivity contribution is 6.00. The highest BCUT2D eigenvalue weighted by Gasteiger charge is 2.15. The topological polar surface area (TPSA) is 92.2 Å². The van der Waals surface area contributed by atoms with Crippen LogP contribution in [0, 0.1) is 0 Å². The van der Waals surface area contributed by atoms with Crippen LogP contribution in [0.3, 0.4) is 0 Å². The van der Waals surface area contributed by atoms with Crippen LogP contribution >= 0.6 is 0 Å². The molecule has 0 fully saturated rings. The van der Waals surface area contributed by atoms with Gasteiger partial charge in [-0.15, -0.1) is 0 Å². The lowest BCUT2D eigenvalue weighted by Crippen LogP contribution is -2.37. The van der Waals surface area contributed by atoms with Crippen molar-refractivity contribution in [3.05, 3.63) is 44.5 Å². The third-order valence-electron chi connectivity index (χ3n) is 3.21. The molecule has 0 radical (unpaired) electrons. The number of hydrogen-bond donors (Lipinski definition) is 2. The number of aromatic carboxylic acids is 1. The van der Waals surface area contributed by atoms with Crippen molar-refractivity contribution in [1.82, 2.24) is 9.55 Å². The number of nitrogens with zero attached hydrogens (tertiary/aromatic N) is 1. The Morgan fingerprint density at radius 2 is 2.05 bits per heavy atom. The average Bonchev–Trinajstić information content (AvgIpc) is 2.42. The fourth-order valence-corrected chi connectivity index (χ4v) is 2.24. The van der Waals surface area contributed by atoms with Gasteiger partial charge in [-0.3, -0.25) is 9.59 Å². The number of unbranched alkanes of at least 4 members (excludes halogenated alkanes) is 2. The van der Waals surface area contributed by atoms with Crippen LogP contribution in [0.4, 0.5) is 0 Å². The summed E-state index contributed by atoms with van der Waals surface area (Å²) in [5.74, 6) is -1.12. The van der Waals surface area contributed by atoms with Gasteiger partial charge in [0.05, 0.1) is 16.6 Å². The van der Waals surface area contributed by atoms with Crippen LogP contribution in [0.25, 0.3) is 11.0 Å². The zero-order valence-corrected chi connectivity index (χ0v) is 11.2. The van der Waals surface area contributed by atoms with Gasteiger partial charge in [0.2, 0.25) is 0 Å². The second kappa shape index (κ2) is 5.73. The highest BCUT2D eigenvalue weighted by Crippen LogP contribution is 2.15. The summed E-state index contributed by atoms with van der Waals surface area (Å²) >= 11 is 0. The van der Waals surface area contributed by atoms with E-state index in [1.165, 1.54) is 10.6 Å². The SMILES string of the molecule is CCCCCn1c(=O)c(=O)[nH]c2cccc(C(=O)O)c21. The van der Waals surface area contributed by atoms with Crippen LogP contribution in [-0.2, 0) is 6.54 Å². The van der Waals surface area contributed by atoms with Gasteiger partial charge >= 0.3 is 17.1 Å². The number of carboxylic acid groups (broad SMARTS) is 1. The first-order valence-corrected chi connectivity index (χ1v) is 6.55. The quantitative estimate of drug-likeness (QED) is 0.640. The molecule has 1 heterocycles. The van der Waals surface area contributed by atoms with E-state index < -0.39 is 17.1 Å². The van der Waals surface area contributed by atoms with E-state index in [0.29, 0.717) is 12.1 Å². The van der Waals surface area contributed by atoms with Gasteiger partial charge in [-0.25, -0.2) is 4.79 Å². The second-order valence-corrected chi connectivity index (χ2v) is 4.62. The molecule has 0 spiro atoms. The maximum absolute atomic E-state index is 12.0. The Balaban J connectivity index is 2.73. The molecule has 2 aromatic rings. The molecule has 0 saturated heterocycles. The van der Waals surface area contributed by atoms with E-state index in [4.69, 9.17) is 0 Å². The Labute approximate surface area is 114 Å². The molecule has 0 amide bonds. The lowest BCUT2D eigenvalue weighted by molar-refractivity contribution is 0.0698. The molecule has 0 unspecified atom stereocenters. The Kier molecular flexibility index (Phi) is 4.02. The van der Waals surface area contributed by atoms with E-state index in [9.17, 15) is 19.5 Å². The summed E-state index contributed by atoms with van der Waals surface area (Å²) < 4.78 is 1.27. The van der Waals surface area contributed by atoms with Gasteiger partial charge in [-0.2, -0.15) is 0 Å². The first-order valence-electron chi connectivity index (χ1n) is 6.55. The molecule has 0 aliphatic rings. The molecule has 2 rings (SSSR count). The minimum Gasteiger partial charge on any atom is -0.478 e. The molecular formula is C14H16N2O4. The van der Waals surface area contributed by atoms with Gasteiger partial charge in [0.1, 0.15) is 0 Å². The Bertz CT molecular complexity index is 758. The number of rotatable bonds is 5. The number of H-pyrrole nitrogens is 1. The van der Waals surface area contributed by atoms with Crippen LogP contribution < -0.4 is 11.1 Å². The number of hydrogen-bond acceptors (Lipinski definition) is 3. The molecule has 1 aromatic carbocycles. The molecule has 6 nitrogen and oxygen atoms in total. The van der Waals surface area contributed by atoms with Gasteiger partial charge in [-0.05, 0) is 18.6 Å². The third kappa shape index (κ3) is 2.49. The van der Waals surface area contributed by atoms with Crippen molar-refractivity contribution in [3.63, 3.8) is 0 Å². The number of benzene rings is 1. The molecule has 0 bridgehead atoms. The Morgan fingerprint density at radius 1 is 1.30 bits per heavy atom.